The van der Waals surface area contributed by atoms with Crippen LogP contribution in [-0.4, -0.2) is 11.1 Å². The zero-order chi connectivity index (χ0) is 10.9. The molecule has 0 bridgehead atoms. The van der Waals surface area contributed by atoms with Crippen molar-refractivity contribution in [1.82, 2.24) is 0 Å². The molecular weight excluding hydrogens is 203 g/mol. The van der Waals surface area contributed by atoms with Crippen LogP contribution in [0.1, 0.15) is 16.1 Å². The smallest absolute Gasteiger partial charge is 0.422 e. The van der Waals surface area contributed by atoms with E-state index in [1.807, 2.05) is 0 Å². The molecule has 0 aliphatic rings. The molecule has 76 valence electrons. The van der Waals surface area contributed by atoms with Gasteiger partial charge in [0.1, 0.15) is 5.56 Å². The lowest BCUT2D eigenvalue weighted by molar-refractivity contribution is -0.609. The number of aromatic nitrogens is 1. The number of pyridine rings is 1. The van der Waals surface area contributed by atoms with Crippen LogP contribution >= 0.6 is 0 Å². The Hall–Kier alpha value is -1.79. The number of carbonyl (C=O) groups is 1. The summed E-state index contributed by atoms with van der Waals surface area (Å²) in [7, 11) is 0. The molecule has 0 radical (unpaired) electrons. The third kappa shape index (κ3) is 1.93. The Morgan fingerprint density at radius 2 is 2.00 bits per heavy atom. The largest absolute Gasteiger partial charge is 0.618 e. The van der Waals surface area contributed by atoms with Gasteiger partial charge in [0.25, 0.3) is 0 Å². The molecule has 0 aromatic carbocycles. The standard InChI is InChI=1S/C7H4F3NO3/c8-7(9,10)4-1-2-5(6(12)13)11(14)3-4/h1-3H,(H,12,13). The monoisotopic (exact) mass is 207 g/mol. The van der Waals surface area contributed by atoms with Crippen LogP contribution in [0.4, 0.5) is 13.2 Å². The number of hydrogen-bond donors (Lipinski definition) is 1. The van der Waals surface area contributed by atoms with E-state index < -0.39 is 23.4 Å². The molecule has 7 heteroatoms. The molecule has 14 heavy (non-hydrogen) atoms. The van der Waals surface area contributed by atoms with Gasteiger partial charge in [0.05, 0.1) is 0 Å². The maximum Gasteiger partial charge on any atom is 0.422 e. The first kappa shape index (κ1) is 10.3. The van der Waals surface area contributed by atoms with Crippen LogP contribution in [0, 0.1) is 5.21 Å². The lowest BCUT2D eigenvalue weighted by Gasteiger charge is -2.06. The predicted molar refractivity (Wildman–Crippen MR) is 37.4 cm³/mol. The molecule has 0 saturated heterocycles. The van der Waals surface area contributed by atoms with Crippen molar-refractivity contribution < 1.29 is 27.8 Å². The first-order chi connectivity index (χ1) is 6.32. The number of carboxylic acids is 1. The van der Waals surface area contributed by atoms with E-state index in [9.17, 15) is 23.2 Å². The summed E-state index contributed by atoms with van der Waals surface area (Å²) in [6.07, 6.45) is -4.47. The number of alkyl halides is 3. The van der Waals surface area contributed by atoms with Gasteiger partial charge in [-0.3, -0.25) is 0 Å². The minimum absolute atomic E-state index is 0.184. The van der Waals surface area contributed by atoms with Crippen molar-refractivity contribution in [2.24, 2.45) is 0 Å². The Bertz CT molecular complexity index is 375. The number of rotatable bonds is 1. The average Bonchev–Trinajstić information content (AvgIpc) is 2.01. The summed E-state index contributed by atoms with van der Waals surface area (Å²) in [5.41, 5.74) is -1.93. The second-order valence-electron chi connectivity index (χ2n) is 2.43. The van der Waals surface area contributed by atoms with E-state index in [0.717, 1.165) is 0 Å². The summed E-state index contributed by atoms with van der Waals surface area (Å²) in [4.78, 5) is 10.3. The highest BCUT2D eigenvalue weighted by atomic mass is 19.4. The third-order valence-corrected chi connectivity index (χ3v) is 1.46. The van der Waals surface area contributed by atoms with E-state index in [4.69, 9.17) is 5.11 Å². The fourth-order valence-electron chi connectivity index (χ4n) is 0.814. The molecule has 1 heterocycles. The second-order valence-corrected chi connectivity index (χ2v) is 2.43. The lowest BCUT2D eigenvalue weighted by atomic mass is 10.2. The summed E-state index contributed by atoms with van der Waals surface area (Å²) in [6.45, 7) is 0. The number of carboxylic acid groups (broad SMARTS) is 1. The highest BCUT2D eigenvalue weighted by Gasteiger charge is 2.34. The highest BCUT2D eigenvalue weighted by Crippen LogP contribution is 2.27. The number of nitrogens with zero attached hydrogens (tertiary/aromatic N) is 1. The Kier molecular flexibility index (Phi) is 2.33. The molecule has 0 aliphatic heterocycles. The topological polar surface area (TPSA) is 64.2 Å². The van der Waals surface area contributed by atoms with E-state index in [-0.39, 0.29) is 10.9 Å². The Balaban J connectivity index is 3.20. The van der Waals surface area contributed by atoms with Crippen LogP contribution in [0.3, 0.4) is 0 Å². The van der Waals surface area contributed by atoms with Crippen molar-refractivity contribution in [2.75, 3.05) is 0 Å². The maximum atomic E-state index is 12.0. The minimum Gasteiger partial charge on any atom is -0.618 e. The van der Waals surface area contributed by atoms with Crippen LogP contribution in [-0.2, 0) is 6.18 Å². The zero-order valence-electron chi connectivity index (χ0n) is 6.58. The predicted octanol–water partition coefficient (Wildman–Crippen LogP) is 1.04. The van der Waals surface area contributed by atoms with Crippen molar-refractivity contribution in [1.29, 1.82) is 0 Å². The van der Waals surface area contributed by atoms with Crippen LogP contribution in [0.2, 0.25) is 0 Å². The van der Waals surface area contributed by atoms with Gasteiger partial charge in [-0.2, -0.15) is 17.9 Å². The van der Waals surface area contributed by atoms with Gasteiger partial charge in [-0.1, -0.05) is 0 Å². The average molecular weight is 207 g/mol. The van der Waals surface area contributed by atoms with Gasteiger partial charge in [0.2, 0.25) is 0 Å². The fraction of sp³-hybridized carbons (Fsp3) is 0.143. The number of hydrogen-bond acceptors (Lipinski definition) is 2. The quantitative estimate of drug-likeness (QED) is 0.552. The van der Waals surface area contributed by atoms with Gasteiger partial charge in [-0.25, -0.2) is 4.79 Å². The number of aromatic carboxylic acids is 1. The molecule has 0 spiro atoms. The maximum absolute atomic E-state index is 12.0. The molecular formula is C7H4F3NO3. The SMILES string of the molecule is O=C(O)c1ccc(C(F)(F)F)c[n+]1[O-]. The van der Waals surface area contributed by atoms with E-state index in [2.05, 4.69) is 0 Å². The van der Waals surface area contributed by atoms with Crippen LogP contribution in [0.15, 0.2) is 18.3 Å². The molecule has 4 nitrogen and oxygen atoms in total. The normalized spacial score (nSPS) is 11.4. The molecule has 0 amide bonds. The highest BCUT2D eigenvalue weighted by molar-refractivity contribution is 5.83. The molecule has 0 atom stereocenters. The first-order valence-corrected chi connectivity index (χ1v) is 3.36. The van der Waals surface area contributed by atoms with Crippen molar-refractivity contribution in [3.05, 3.63) is 34.8 Å². The fourth-order valence-corrected chi connectivity index (χ4v) is 0.814. The van der Waals surface area contributed by atoms with Gasteiger partial charge in [0, 0.05) is 6.07 Å². The first-order valence-electron chi connectivity index (χ1n) is 3.36. The van der Waals surface area contributed by atoms with Crippen LogP contribution in [0.25, 0.3) is 0 Å². The van der Waals surface area contributed by atoms with E-state index in [1.165, 1.54) is 0 Å². The van der Waals surface area contributed by atoms with Gasteiger partial charge in [0.15, 0.2) is 6.20 Å². The number of halogens is 3. The van der Waals surface area contributed by atoms with Crippen LogP contribution < -0.4 is 4.73 Å². The Morgan fingerprint density at radius 1 is 1.43 bits per heavy atom. The summed E-state index contributed by atoms with van der Waals surface area (Å²) in [5, 5.41) is 19.1. The van der Waals surface area contributed by atoms with Crippen molar-refractivity contribution in [3.8, 4) is 0 Å². The molecule has 1 N–H and O–H groups in total. The summed E-state index contributed by atoms with van der Waals surface area (Å²) >= 11 is 0. The third-order valence-electron chi connectivity index (χ3n) is 1.46. The molecule has 0 aliphatic carbocycles. The van der Waals surface area contributed by atoms with Crippen molar-refractivity contribution in [2.45, 2.75) is 6.18 Å². The van der Waals surface area contributed by atoms with Gasteiger partial charge < -0.3 is 10.3 Å². The van der Waals surface area contributed by atoms with Gasteiger partial charge in [-0.15, -0.1) is 0 Å². The Labute approximate surface area is 75.8 Å². The van der Waals surface area contributed by atoms with Crippen molar-refractivity contribution >= 4 is 5.97 Å². The molecule has 0 saturated carbocycles. The molecule has 0 fully saturated rings. The van der Waals surface area contributed by atoms with E-state index in [1.54, 1.807) is 0 Å². The van der Waals surface area contributed by atoms with Crippen molar-refractivity contribution in [3.63, 3.8) is 0 Å². The summed E-state index contributed by atoms with van der Waals surface area (Å²) in [5.74, 6) is -1.58. The van der Waals surface area contributed by atoms with Gasteiger partial charge in [-0.05, 0) is 6.07 Å². The van der Waals surface area contributed by atoms with E-state index >= 15 is 0 Å². The van der Waals surface area contributed by atoms with Crippen LogP contribution in [0.5, 0.6) is 0 Å². The molecule has 1 rings (SSSR count). The zero-order valence-corrected chi connectivity index (χ0v) is 6.58. The Morgan fingerprint density at radius 3 is 2.36 bits per heavy atom. The summed E-state index contributed by atoms with van der Waals surface area (Å²) in [6, 6.07) is 1.15. The second kappa shape index (κ2) is 3.17. The van der Waals surface area contributed by atoms with E-state index in [0.29, 0.717) is 12.1 Å². The molecule has 1 aromatic heterocycles. The van der Waals surface area contributed by atoms with Gasteiger partial charge >= 0.3 is 17.8 Å². The summed E-state index contributed by atoms with van der Waals surface area (Å²) < 4.78 is 35.7. The lowest BCUT2D eigenvalue weighted by Crippen LogP contribution is -2.35. The molecule has 1 aromatic rings. The molecule has 0 unspecified atom stereocenters. The minimum atomic E-state index is -4.65.